The number of esters is 1. The summed E-state index contributed by atoms with van der Waals surface area (Å²) < 4.78 is 28.1. The fraction of sp³-hybridized carbons (Fsp3) is 0.462. The lowest BCUT2D eigenvalue weighted by Crippen LogP contribution is -2.08. The largest absolute Gasteiger partial charge is 0.462 e. The Bertz CT molecular complexity index is 629. The third-order valence-electron chi connectivity index (χ3n) is 2.65. The highest BCUT2D eigenvalue weighted by molar-refractivity contribution is 9.10. The zero-order chi connectivity index (χ0) is 16.2. The lowest BCUT2D eigenvalue weighted by atomic mass is 10.1. The summed E-state index contributed by atoms with van der Waals surface area (Å²) in [5.74, 6) is -0.103. The Morgan fingerprint density at radius 1 is 1.38 bits per heavy atom. The summed E-state index contributed by atoms with van der Waals surface area (Å²) >= 11 is 8.93. The van der Waals surface area contributed by atoms with E-state index in [0.29, 0.717) is 5.92 Å². The second-order valence-corrected chi connectivity index (χ2v) is 8.61. The van der Waals surface area contributed by atoms with Crippen molar-refractivity contribution in [2.75, 3.05) is 6.61 Å². The number of ether oxygens (including phenoxy) is 1. The van der Waals surface area contributed by atoms with Gasteiger partial charge in [0.25, 0.3) is 9.05 Å². The average molecular weight is 418 g/mol. The normalized spacial score (nSPS) is 11.7. The SMILES string of the molecule is CC(C)CCCOC(=O)c1cc(Cl)c(Br)c(S(=O)(=O)Cl)c1. The van der Waals surface area contributed by atoms with E-state index in [-0.39, 0.29) is 26.6 Å². The molecule has 0 radical (unpaired) electrons. The second-order valence-electron chi connectivity index (χ2n) is 4.88. The molecule has 0 aromatic heterocycles. The number of halogens is 3. The molecule has 118 valence electrons. The summed E-state index contributed by atoms with van der Waals surface area (Å²) in [4.78, 5) is 11.6. The minimum atomic E-state index is -4.02. The van der Waals surface area contributed by atoms with Crippen LogP contribution in [0.5, 0.6) is 0 Å². The van der Waals surface area contributed by atoms with Crippen molar-refractivity contribution in [1.82, 2.24) is 0 Å². The molecule has 4 nitrogen and oxygen atoms in total. The van der Waals surface area contributed by atoms with Gasteiger partial charge in [0.1, 0.15) is 0 Å². The Morgan fingerprint density at radius 3 is 2.52 bits per heavy atom. The van der Waals surface area contributed by atoms with Crippen molar-refractivity contribution in [3.63, 3.8) is 0 Å². The van der Waals surface area contributed by atoms with Crippen molar-refractivity contribution in [3.8, 4) is 0 Å². The van der Waals surface area contributed by atoms with E-state index >= 15 is 0 Å². The molecule has 0 unspecified atom stereocenters. The van der Waals surface area contributed by atoms with Gasteiger partial charge in [0, 0.05) is 10.7 Å². The van der Waals surface area contributed by atoms with Crippen molar-refractivity contribution in [3.05, 3.63) is 27.2 Å². The smallest absolute Gasteiger partial charge is 0.338 e. The molecule has 8 heteroatoms. The summed E-state index contributed by atoms with van der Waals surface area (Å²) in [6, 6.07) is 2.48. The maximum absolute atomic E-state index is 11.9. The van der Waals surface area contributed by atoms with E-state index < -0.39 is 15.0 Å². The lowest BCUT2D eigenvalue weighted by Gasteiger charge is -2.09. The zero-order valence-electron chi connectivity index (χ0n) is 11.5. The predicted octanol–water partition coefficient (Wildman–Crippen LogP) is 4.62. The molecule has 0 atom stereocenters. The molecule has 0 spiro atoms. The van der Waals surface area contributed by atoms with E-state index in [2.05, 4.69) is 29.8 Å². The third-order valence-corrected chi connectivity index (χ3v) is 5.64. The van der Waals surface area contributed by atoms with Crippen LogP contribution in [0.25, 0.3) is 0 Å². The summed E-state index contributed by atoms with van der Waals surface area (Å²) in [6.07, 6.45) is 1.68. The van der Waals surface area contributed by atoms with Crippen LogP contribution in [0, 0.1) is 5.92 Å². The molecule has 0 saturated carbocycles. The Kier molecular flexibility index (Phi) is 6.97. The summed E-state index contributed by atoms with van der Waals surface area (Å²) in [7, 11) is 1.29. The highest BCUT2D eigenvalue weighted by atomic mass is 79.9. The van der Waals surface area contributed by atoms with E-state index in [1.807, 2.05) is 0 Å². The Labute approximate surface area is 142 Å². The van der Waals surface area contributed by atoms with Gasteiger partial charge in [-0.15, -0.1) is 0 Å². The standard InChI is InChI=1S/C13H15BrCl2O4S/c1-8(2)4-3-5-20-13(17)9-6-10(15)12(14)11(7-9)21(16,18)19/h6-8H,3-5H2,1-2H3. The first-order chi connectivity index (χ1) is 9.62. The molecule has 0 fully saturated rings. The molecule has 21 heavy (non-hydrogen) atoms. The number of rotatable bonds is 6. The molecular weight excluding hydrogens is 403 g/mol. The van der Waals surface area contributed by atoms with Crippen LogP contribution < -0.4 is 0 Å². The second kappa shape index (κ2) is 7.81. The lowest BCUT2D eigenvalue weighted by molar-refractivity contribution is 0.0494. The molecule has 0 aliphatic heterocycles. The van der Waals surface area contributed by atoms with Crippen LogP contribution in [0.4, 0.5) is 0 Å². The van der Waals surface area contributed by atoms with Gasteiger partial charge >= 0.3 is 5.97 Å². The van der Waals surface area contributed by atoms with E-state index in [1.165, 1.54) is 6.07 Å². The van der Waals surface area contributed by atoms with E-state index in [4.69, 9.17) is 27.0 Å². The summed E-state index contributed by atoms with van der Waals surface area (Å²) in [6.45, 7) is 4.43. The van der Waals surface area contributed by atoms with Crippen LogP contribution in [-0.2, 0) is 13.8 Å². The summed E-state index contributed by atoms with van der Waals surface area (Å²) in [5.41, 5.74) is 0.0481. The average Bonchev–Trinajstić information content (AvgIpc) is 2.35. The van der Waals surface area contributed by atoms with Gasteiger partial charge in [0.15, 0.2) is 0 Å². The van der Waals surface area contributed by atoms with Crippen molar-refractivity contribution < 1.29 is 17.9 Å². The predicted molar refractivity (Wildman–Crippen MR) is 86.5 cm³/mol. The van der Waals surface area contributed by atoms with E-state index in [0.717, 1.165) is 18.9 Å². The first kappa shape index (κ1) is 18.7. The maximum atomic E-state index is 11.9. The number of hydrogen-bond donors (Lipinski definition) is 0. The molecule has 0 amide bonds. The molecule has 0 aliphatic carbocycles. The first-order valence-electron chi connectivity index (χ1n) is 6.23. The molecule has 0 N–H and O–H groups in total. The van der Waals surface area contributed by atoms with Gasteiger partial charge in [-0.2, -0.15) is 0 Å². The molecule has 0 bridgehead atoms. The van der Waals surface area contributed by atoms with Crippen LogP contribution in [0.15, 0.2) is 21.5 Å². The highest BCUT2D eigenvalue weighted by Gasteiger charge is 2.21. The van der Waals surface area contributed by atoms with Gasteiger partial charge in [0.2, 0.25) is 0 Å². The van der Waals surface area contributed by atoms with Gasteiger partial charge in [0.05, 0.1) is 26.6 Å². The molecule has 0 saturated heterocycles. The van der Waals surface area contributed by atoms with Crippen molar-refractivity contribution in [2.24, 2.45) is 5.92 Å². The number of benzene rings is 1. The Morgan fingerprint density at radius 2 is 2.00 bits per heavy atom. The Balaban J connectivity index is 2.89. The van der Waals surface area contributed by atoms with Crippen LogP contribution in [0.3, 0.4) is 0 Å². The molecule has 1 aromatic rings. The van der Waals surface area contributed by atoms with E-state index in [1.54, 1.807) is 0 Å². The highest BCUT2D eigenvalue weighted by Crippen LogP contribution is 2.33. The van der Waals surface area contributed by atoms with E-state index in [9.17, 15) is 13.2 Å². The maximum Gasteiger partial charge on any atom is 0.338 e. The number of carbonyl (C=O) groups is 1. The minimum absolute atomic E-state index is 0.0481. The fourth-order valence-electron chi connectivity index (χ4n) is 1.60. The van der Waals surface area contributed by atoms with Crippen molar-refractivity contribution >= 4 is 53.2 Å². The topological polar surface area (TPSA) is 60.4 Å². The molecule has 0 heterocycles. The van der Waals surface area contributed by atoms with Crippen LogP contribution >= 0.6 is 38.2 Å². The molecule has 1 aromatic carbocycles. The van der Waals surface area contributed by atoms with Gasteiger partial charge in [-0.3, -0.25) is 0 Å². The third kappa shape index (κ3) is 5.77. The molecular formula is C13H15BrCl2O4S. The van der Waals surface area contributed by atoms with Gasteiger partial charge < -0.3 is 4.74 Å². The van der Waals surface area contributed by atoms with Gasteiger partial charge in [-0.25, -0.2) is 13.2 Å². The molecule has 0 aliphatic rings. The van der Waals surface area contributed by atoms with Crippen LogP contribution in [-0.4, -0.2) is 21.0 Å². The molecule has 1 rings (SSSR count). The van der Waals surface area contributed by atoms with Gasteiger partial charge in [-0.05, 0) is 46.8 Å². The zero-order valence-corrected chi connectivity index (χ0v) is 15.4. The fourth-order valence-corrected chi connectivity index (χ4v) is 3.98. The quantitative estimate of drug-likeness (QED) is 0.384. The van der Waals surface area contributed by atoms with Gasteiger partial charge in [-0.1, -0.05) is 25.4 Å². The first-order valence-corrected chi connectivity index (χ1v) is 9.71. The van der Waals surface area contributed by atoms with Crippen molar-refractivity contribution in [1.29, 1.82) is 0 Å². The Hall–Kier alpha value is -0.300. The minimum Gasteiger partial charge on any atom is -0.462 e. The monoisotopic (exact) mass is 416 g/mol. The summed E-state index contributed by atoms with van der Waals surface area (Å²) in [5, 5.41) is 0.0749. The van der Waals surface area contributed by atoms with Crippen LogP contribution in [0.1, 0.15) is 37.0 Å². The number of carbonyl (C=O) groups excluding carboxylic acids is 1. The van der Waals surface area contributed by atoms with Crippen LogP contribution in [0.2, 0.25) is 5.02 Å². The number of hydrogen-bond acceptors (Lipinski definition) is 4. The van der Waals surface area contributed by atoms with Crippen molar-refractivity contribution in [2.45, 2.75) is 31.6 Å².